The highest BCUT2D eigenvalue weighted by molar-refractivity contribution is 5.94. The van der Waals surface area contributed by atoms with E-state index in [1.807, 2.05) is 4.90 Å². The van der Waals surface area contributed by atoms with Crippen LogP contribution in [0.5, 0.6) is 0 Å². The molecule has 1 aromatic carbocycles. The van der Waals surface area contributed by atoms with Crippen molar-refractivity contribution in [3.63, 3.8) is 0 Å². The average molecular weight is 295 g/mol. The molecule has 1 aliphatic rings. The van der Waals surface area contributed by atoms with Crippen LogP contribution in [-0.4, -0.2) is 59.8 Å². The Morgan fingerprint density at radius 2 is 2.29 bits per heavy atom. The largest absolute Gasteiger partial charge is 0.394 e. The van der Waals surface area contributed by atoms with E-state index < -0.39 is 4.92 Å². The first-order valence-corrected chi connectivity index (χ1v) is 6.58. The number of carbonyl (C=O) groups excluding carboxylic acids is 1. The number of hydrogen-bond donors (Lipinski definition) is 2. The second-order valence-corrected chi connectivity index (χ2v) is 4.73. The minimum absolute atomic E-state index is 0.0950. The average Bonchev–Trinajstić information content (AvgIpc) is 2.47. The summed E-state index contributed by atoms with van der Waals surface area (Å²) in [6.07, 6.45) is -0.294. The zero-order valence-electron chi connectivity index (χ0n) is 11.4. The monoisotopic (exact) mass is 295 g/mol. The number of rotatable bonds is 5. The summed E-state index contributed by atoms with van der Waals surface area (Å²) in [6, 6.07) is 6.00. The number of aliphatic hydroxyl groups is 1. The van der Waals surface area contributed by atoms with Gasteiger partial charge >= 0.3 is 0 Å². The highest BCUT2D eigenvalue weighted by Crippen LogP contribution is 2.23. The molecule has 1 saturated heterocycles. The topological polar surface area (TPSA) is 105 Å². The lowest BCUT2D eigenvalue weighted by molar-refractivity contribution is -0.383. The fourth-order valence-corrected chi connectivity index (χ4v) is 2.17. The first-order chi connectivity index (χ1) is 10.1. The molecule has 2 rings (SSSR count). The Bertz CT molecular complexity index is 522. The summed E-state index contributed by atoms with van der Waals surface area (Å²) in [7, 11) is 0. The molecule has 1 atom stereocenters. The van der Waals surface area contributed by atoms with Crippen LogP contribution in [0.1, 0.15) is 0 Å². The number of benzene rings is 1. The van der Waals surface area contributed by atoms with E-state index in [9.17, 15) is 14.9 Å². The summed E-state index contributed by atoms with van der Waals surface area (Å²) in [6.45, 7) is 1.50. The Labute approximate surface area is 121 Å². The van der Waals surface area contributed by atoms with E-state index in [2.05, 4.69) is 5.32 Å². The molecule has 1 aliphatic heterocycles. The van der Waals surface area contributed by atoms with E-state index in [1.165, 1.54) is 12.1 Å². The molecular formula is C13H17N3O5. The lowest BCUT2D eigenvalue weighted by Crippen LogP contribution is -2.46. The molecule has 0 saturated carbocycles. The third-order valence-electron chi connectivity index (χ3n) is 3.17. The van der Waals surface area contributed by atoms with Gasteiger partial charge in [0.1, 0.15) is 5.69 Å². The van der Waals surface area contributed by atoms with E-state index in [0.717, 1.165) is 0 Å². The highest BCUT2D eigenvalue weighted by Gasteiger charge is 2.22. The molecule has 1 amide bonds. The second-order valence-electron chi connectivity index (χ2n) is 4.73. The van der Waals surface area contributed by atoms with Gasteiger partial charge in [-0.25, -0.2) is 0 Å². The first-order valence-electron chi connectivity index (χ1n) is 6.58. The van der Waals surface area contributed by atoms with E-state index in [4.69, 9.17) is 9.84 Å². The van der Waals surface area contributed by atoms with Crippen molar-refractivity contribution in [2.24, 2.45) is 0 Å². The van der Waals surface area contributed by atoms with Crippen LogP contribution in [-0.2, 0) is 9.53 Å². The molecule has 1 fully saturated rings. The maximum absolute atomic E-state index is 12.0. The molecular weight excluding hydrogens is 278 g/mol. The Morgan fingerprint density at radius 3 is 3.00 bits per heavy atom. The molecule has 0 radical (unpaired) electrons. The third-order valence-corrected chi connectivity index (χ3v) is 3.17. The number of hydrogen-bond acceptors (Lipinski definition) is 6. The third kappa shape index (κ3) is 4.22. The summed E-state index contributed by atoms with van der Waals surface area (Å²) >= 11 is 0. The molecule has 8 heteroatoms. The predicted molar refractivity (Wildman–Crippen MR) is 75.0 cm³/mol. The van der Waals surface area contributed by atoms with Gasteiger partial charge in [0.25, 0.3) is 5.69 Å². The Hall–Kier alpha value is -2.03. The van der Waals surface area contributed by atoms with Crippen molar-refractivity contribution in [2.75, 3.05) is 38.2 Å². The summed E-state index contributed by atoms with van der Waals surface area (Å²) in [4.78, 5) is 24.2. The summed E-state index contributed by atoms with van der Waals surface area (Å²) in [5, 5.41) is 22.5. The summed E-state index contributed by atoms with van der Waals surface area (Å²) in [5.74, 6) is -0.331. The van der Waals surface area contributed by atoms with Gasteiger partial charge in [0.05, 0.1) is 30.8 Å². The summed E-state index contributed by atoms with van der Waals surface area (Å²) < 4.78 is 5.30. The van der Waals surface area contributed by atoms with Crippen molar-refractivity contribution in [1.82, 2.24) is 4.90 Å². The number of aliphatic hydroxyl groups excluding tert-OH is 1. The number of ether oxygens (including phenoxy) is 1. The van der Waals surface area contributed by atoms with E-state index >= 15 is 0 Å². The normalized spacial score (nSPS) is 19.2. The molecule has 0 spiro atoms. The van der Waals surface area contributed by atoms with Crippen LogP contribution >= 0.6 is 0 Å². The van der Waals surface area contributed by atoms with Crippen molar-refractivity contribution >= 4 is 17.3 Å². The minimum atomic E-state index is -0.536. The van der Waals surface area contributed by atoms with Crippen molar-refractivity contribution < 1.29 is 19.6 Å². The standard InChI is InChI=1S/C13H17N3O5/c17-9-10-7-15(5-6-21-10)8-13(18)14-11-3-1-2-4-12(11)16(19)20/h1-4,10,17H,5-9H2,(H,14,18). The van der Waals surface area contributed by atoms with Crippen LogP contribution in [0.2, 0.25) is 0 Å². The van der Waals surface area contributed by atoms with E-state index in [-0.39, 0.29) is 36.5 Å². The number of nitro groups is 1. The molecule has 1 aromatic rings. The van der Waals surface area contributed by atoms with E-state index in [0.29, 0.717) is 19.7 Å². The van der Waals surface area contributed by atoms with Gasteiger partial charge in [-0.1, -0.05) is 12.1 Å². The van der Waals surface area contributed by atoms with Crippen LogP contribution in [0.3, 0.4) is 0 Å². The fraction of sp³-hybridized carbons (Fsp3) is 0.462. The van der Waals surface area contributed by atoms with Crippen molar-refractivity contribution in [3.8, 4) is 0 Å². The number of nitro benzene ring substituents is 1. The quantitative estimate of drug-likeness (QED) is 0.595. The van der Waals surface area contributed by atoms with Crippen molar-refractivity contribution in [1.29, 1.82) is 0 Å². The molecule has 21 heavy (non-hydrogen) atoms. The maximum Gasteiger partial charge on any atom is 0.292 e. The zero-order chi connectivity index (χ0) is 15.2. The summed E-state index contributed by atoms with van der Waals surface area (Å²) in [5.41, 5.74) is 0.0422. The van der Waals surface area contributed by atoms with Gasteiger partial charge < -0.3 is 15.2 Å². The van der Waals surface area contributed by atoms with Crippen LogP contribution in [0.4, 0.5) is 11.4 Å². The second kappa shape index (κ2) is 7.11. The Balaban J connectivity index is 1.94. The lowest BCUT2D eigenvalue weighted by Gasteiger charge is -2.31. The van der Waals surface area contributed by atoms with Crippen molar-refractivity contribution in [3.05, 3.63) is 34.4 Å². The predicted octanol–water partition coefficient (Wildman–Crippen LogP) is 0.226. The Kier molecular flexibility index (Phi) is 5.20. The van der Waals surface area contributed by atoms with Crippen LogP contribution in [0.25, 0.3) is 0 Å². The maximum atomic E-state index is 12.0. The number of nitrogens with zero attached hydrogens (tertiary/aromatic N) is 2. The first kappa shape index (κ1) is 15.4. The van der Waals surface area contributed by atoms with Gasteiger partial charge in [-0.15, -0.1) is 0 Å². The van der Waals surface area contributed by atoms with Gasteiger partial charge in [0.15, 0.2) is 0 Å². The van der Waals surface area contributed by atoms with Crippen LogP contribution in [0.15, 0.2) is 24.3 Å². The molecule has 8 nitrogen and oxygen atoms in total. The fourth-order valence-electron chi connectivity index (χ4n) is 2.17. The molecule has 2 N–H and O–H groups in total. The number of carbonyl (C=O) groups is 1. The number of anilines is 1. The number of nitrogens with one attached hydrogen (secondary N) is 1. The van der Waals surface area contributed by atoms with Crippen molar-refractivity contribution in [2.45, 2.75) is 6.10 Å². The lowest BCUT2D eigenvalue weighted by atomic mass is 10.2. The van der Waals surface area contributed by atoms with Gasteiger partial charge in [-0.05, 0) is 6.07 Å². The van der Waals surface area contributed by atoms with Gasteiger partial charge in [-0.3, -0.25) is 19.8 Å². The molecule has 0 bridgehead atoms. The Morgan fingerprint density at radius 1 is 1.52 bits per heavy atom. The van der Waals surface area contributed by atoms with Gasteiger partial charge in [0, 0.05) is 19.2 Å². The molecule has 0 aliphatic carbocycles. The van der Waals surface area contributed by atoms with Gasteiger partial charge in [0.2, 0.25) is 5.91 Å². The SMILES string of the molecule is O=C(CN1CCOC(CO)C1)Nc1ccccc1[N+](=O)[O-]. The molecule has 1 unspecified atom stereocenters. The number of morpholine rings is 1. The molecule has 1 heterocycles. The van der Waals surface area contributed by atoms with E-state index in [1.54, 1.807) is 12.1 Å². The minimum Gasteiger partial charge on any atom is -0.394 e. The number of para-hydroxylation sites is 2. The smallest absolute Gasteiger partial charge is 0.292 e. The number of amides is 1. The van der Waals surface area contributed by atoms with Gasteiger partial charge in [-0.2, -0.15) is 0 Å². The highest BCUT2D eigenvalue weighted by atomic mass is 16.6. The molecule has 114 valence electrons. The van der Waals surface area contributed by atoms with Crippen LogP contribution in [0, 0.1) is 10.1 Å². The molecule has 0 aromatic heterocycles. The van der Waals surface area contributed by atoms with Crippen LogP contribution < -0.4 is 5.32 Å². The zero-order valence-corrected chi connectivity index (χ0v) is 11.4.